The van der Waals surface area contributed by atoms with Crippen LogP contribution in [0.2, 0.25) is 0 Å². The molecular weight excluding hydrogens is 194 g/mol. The zero-order valence-electron chi connectivity index (χ0n) is 10.5. The number of nitrogens with one attached hydrogen (secondary N) is 1. The normalized spacial score (nSPS) is 26.3. The van der Waals surface area contributed by atoms with E-state index in [1.165, 1.54) is 23.1 Å². The minimum atomic E-state index is 0.435. The minimum Gasteiger partial charge on any atom is -0.306 e. The van der Waals surface area contributed by atoms with Crippen LogP contribution in [0.25, 0.3) is 0 Å². The van der Waals surface area contributed by atoms with E-state index in [0.29, 0.717) is 6.04 Å². The molecule has 1 aliphatic carbocycles. The van der Waals surface area contributed by atoms with Gasteiger partial charge in [-0.15, -0.1) is 0 Å². The molecule has 1 N–H and O–H groups in total. The monoisotopic (exact) mass is 215 g/mol. The van der Waals surface area contributed by atoms with E-state index < -0.39 is 0 Å². The fraction of sp³-hybridized carbons (Fsp3) is 0.467. The lowest BCUT2D eigenvalue weighted by molar-refractivity contribution is 0.587. The van der Waals surface area contributed by atoms with Crippen molar-refractivity contribution in [3.8, 4) is 0 Å². The summed E-state index contributed by atoms with van der Waals surface area (Å²) in [4.78, 5) is 0. The number of rotatable bonds is 1. The first-order valence-corrected chi connectivity index (χ1v) is 6.12. The summed E-state index contributed by atoms with van der Waals surface area (Å²) in [7, 11) is 0. The first-order valence-electron chi connectivity index (χ1n) is 6.12. The summed E-state index contributed by atoms with van der Waals surface area (Å²) in [6.45, 7) is 7.87. The van der Waals surface area contributed by atoms with E-state index in [-0.39, 0.29) is 0 Å². The Morgan fingerprint density at radius 1 is 1.12 bits per heavy atom. The van der Waals surface area contributed by atoms with Gasteiger partial charge in [-0.3, -0.25) is 0 Å². The second kappa shape index (κ2) is 4.84. The van der Waals surface area contributed by atoms with Crippen molar-refractivity contribution in [2.75, 3.05) is 6.54 Å². The lowest BCUT2D eigenvalue weighted by Gasteiger charge is -2.29. The summed E-state index contributed by atoms with van der Waals surface area (Å²) in [5.74, 6) is 0. The summed E-state index contributed by atoms with van der Waals surface area (Å²) in [5.41, 5.74) is 6.00. The summed E-state index contributed by atoms with van der Waals surface area (Å²) in [6, 6.07) is 0.435. The topological polar surface area (TPSA) is 12.0 Å². The lowest BCUT2D eigenvalue weighted by atomic mass is 9.88. The fourth-order valence-electron chi connectivity index (χ4n) is 2.43. The average Bonchev–Trinajstić information content (AvgIpc) is 2.47. The Labute approximate surface area is 98.6 Å². The Bertz CT molecular complexity index is 394. The highest BCUT2D eigenvalue weighted by Crippen LogP contribution is 2.26. The van der Waals surface area contributed by atoms with Gasteiger partial charge >= 0.3 is 0 Å². The van der Waals surface area contributed by atoms with Crippen LogP contribution in [0.4, 0.5) is 0 Å². The molecule has 86 valence electrons. The zero-order chi connectivity index (χ0) is 11.5. The maximum atomic E-state index is 3.63. The standard InChI is InChI=1S/C15H21N/c1-11-9-10-16-15(13(11)3)14-8-6-4-5-7-12(14)2/h4-6,8,15-16H,7,9-10H2,1-3H3. The van der Waals surface area contributed by atoms with E-state index >= 15 is 0 Å². The van der Waals surface area contributed by atoms with Crippen molar-refractivity contribution in [3.63, 3.8) is 0 Å². The third-order valence-corrected chi connectivity index (χ3v) is 3.71. The van der Waals surface area contributed by atoms with Crippen molar-refractivity contribution < 1.29 is 0 Å². The predicted molar refractivity (Wildman–Crippen MR) is 70.4 cm³/mol. The number of hydrogen-bond donors (Lipinski definition) is 1. The van der Waals surface area contributed by atoms with Crippen molar-refractivity contribution in [1.82, 2.24) is 5.32 Å². The van der Waals surface area contributed by atoms with E-state index in [1.807, 2.05) is 0 Å². The highest BCUT2D eigenvalue weighted by molar-refractivity contribution is 5.42. The van der Waals surface area contributed by atoms with Crippen LogP contribution in [0, 0.1) is 0 Å². The average molecular weight is 215 g/mol. The third kappa shape index (κ3) is 2.19. The molecule has 0 saturated heterocycles. The largest absolute Gasteiger partial charge is 0.306 e. The van der Waals surface area contributed by atoms with Gasteiger partial charge in [-0.25, -0.2) is 0 Å². The minimum absolute atomic E-state index is 0.435. The van der Waals surface area contributed by atoms with Crippen LogP contribution < -0.4 is 5.32 Å². The van der Waals surface area contributed by atoms with Crippen LogP contribution in [0.3, 0.4) is 0 Å². The van der Waals surface area contributed by atoms with Crippen LogP contribution in [0.15, 0.2) is 46.6 Å². The predicted octanol–water partition coefficient (Wildman–Crippen LogP) is 3.52. The molecule has 1 heterocycles. The van der Waals surface area contributed by atoms with Gasteiger partial charge < -0.3 is 5.32 Å². The van der Waals surface area contributed by atoms with Gasteiger partial charge in [-0.1, -0.05) is 41.0 Å². The molecule has 16 heavy (non-hydrogen) atoms. The second-order valence-electron chi connectivity index (χ2n) is 4.83. The Kier molecular flexibility index (Phi) is 3.45. The highest BCUT2D eigenvalue weighted by atomic mass is 14.9. The van der Waals surface area contributed by atoms with Gasteiger partial charge in [0.15, 0.2) is 0 Å². The van der Waals surface area contributed by atoms with Crippen molar-refractivity contribution in [1.29, 1.82) is 0 Å². The van der Waals surface area contributed by atoms with Crippen LogP contribution in [-0.2, 0) is 0 Å². The first-order chi connectivity index (χ1) is 7.70. The molecule has 2 aliphatic rings. The van der Waals surface area contributed by atoms with Gasteiger partial charge in [0.2, 0.25) is 0 Å². The molecule has 1 unspecified atom stereocenters. The number of allylic oxidation sites excluding steroid dienone is 4. The SMILES string of the molecule is CC1=C(C)C(C2=C(C)CC=CC=C2)NCC1. The van der Waals surface area contributed by atoms with Gasteiger partial charge in [0.1, 0.15) is 0 Å². The molecule has 0 radical (unpaired) electrons. The van der Waals surface area contributed by atoms with Crippen molar-refractivity contribution in [3.05, 3.63) is 46.6 Å². The molecule has 1 aliphatic heterocycles. The van der Waals surface area contributed by atoms with Crippen LogP contribution in [0.1, 0.15) is 33.6 Å². The van der Waals surface area contributed by atoms with E-state index in [4.69, 9.17) is 0 Å². The van der Waals surface area contributed by atoms with Gasteiger partial charge in [0.05, 0.1) is 6.04 Å². The van der Waals surface area contributed by atoms with Crippen LogP contribution >= 0.6 is 0 Å². The molecule has 2 rings (SSSR count). The Hall–Kier alpha value is -1.08. The molecule has 0 aromatic rings. The molecule has 0 aromatic carbocycles. The van der Waals surface area contributed by atoms with E-state index in [9.17, 15) is 0 Å². The third-order valence-electron chi connectivity index (χ3n) is 3.71. The smallest absolute Gasteiger partial charge is 0.0535 e. The fourth-order valence-corrected chi connectivity index (χ4v) is 2.43. The molecular formula is C15H21N. The molecule has 1 heteroatoms. The van der Waals surface area contributed by atoms with E-state index in [0.717, 1.165) is 13.0 Å². The molecule has 0 saturated carbocycles. The summed E-state index contributed by atoms with van der Waals surface area (Å²) >= 11 is 0. The van der Waals surface area contributed by atoms with Gasteiger partial charge in [0.25, 0.3) is 0 Å². The van der Waals surface area contributed by atoms with Crippen molar-refractivity contribution in [2.45, 2.75) is 39.7 Å². The number of hydrogen-bond acceptors (Lipinski definition) is 1. The van der Waals surface area contributed by atoms with E-state index in [1.54, 1.807) is 5.57 Å². The molecule has 0 aromatic heterocycles. The second-order valence-corrected chi connectivity index (χ2v) is 4.83. The van der Waals surface area contributed by atoms with Crippen molar-refractivity contribution in [2.24, 2.45) is 0 Å². The summed E-state index contributed by atoms with van der Waals surface area (Å²) in [5, 5.41) is 3.63. The van der Waals surface area contributed by atoms with Gasteiger partial charge in [-0.2, -0.15) is 0 Å². The molecule has 0 amide bonds. The van der Waals surface area contributed by atoms with Crippen LogP contribution in [-0.4, -0.2) is 12.6 Å². The molecule has 0 bridgehead atoms. The molecule has 0 fully saturated rings. The first kappa shape index (κ1) is 11.4. The Balaban J connectivity index is 2.34. The summed E-state index contributed by atoms with van der Waals surface area (Å²) in [6.07, 6.45) is 11.1. The highest BCUT2D eigenvalue weighted by Gasteiger charge is 2.21. The van der Waals surface area contributed by atoms with E-state index in [2.05, 4.69) is 50.4 Å². The van der Waals surface area contributed by atoms with Gasteiger partial charge in [-0.05, 0) is 45.7 Å². The Morgan fingerprint density at radius 2 is 1.94 bits per heavy atom. The maximum Gasteiger partial charge on any atom is 0.0535 e. The lowest BCUT2D eigenvalue weighted by Crippen LogP contribution is -2.37. The quantitative estimate of drug-likeness (QED) is 0.660. The maximum absolute atomic E-state index is 3.63. The van der Waals surface area contributed by atoms with Crippen molar-refractivity contribution >= 4 is 0 Å². The molecule has 0 spiro atoms. The zero-order valence-corrected chi connectivity index (χ0v) is 10.5. The summed E-state index contributed by atoms with van der Waals surface area (Å²) < 4.78 is 0. The Morgan fingerprint density at radius 3 is 2.75 bits per heavy atom. The van der Waals surface area contributed by atoms with Crippen LogP contribution in [0.5, 0.6) is 0 Å². The van der Waals surface area contributed by atoms with Gasteiger partial charge in [0, 0.05) is 0 Å². The molecule has 1 atom stereocenters. The molecule has 1 nitrogen and oxygen atoms in total.